The van der Waals surface area contributed by atoms with Gasteiger partial charge in [-0.2, -0.15) is 5.26 Å². The maximum atomic E-state index is 8.66. The van der Waals surface area contributed by atoms with Crippen molar-refractivity contribution in [2.75, 3.05) is 13.2 Å². The Bertz CT molecular complexity index is 147. The van der Waals surface area contributed by atoms with Gasteiger partial charge in [-0.15, -0.1) is 0 Å². The fourth-order valence-electron chi connectivity index (χ4n) is 1.25. The largest absolute Gasteiger partial charge is 0.374 e. The summed E-state index contributed by atoms with van der Waals surface area (Å²) in [6, 6.07) is 2.10. The molecule has 1 rings (SSSR count). The molecule has 0 aromatic rings. The van der Waals surface area contributed by atoms with Gasteiger partial charge in [0, 0.05) is 13.2 Å². The van der Waals surface area contributed by atoms with Crippen molar-refractivity contribution < 1.29 is 9.47 Å². The minimum absolute atomic E-state index is 0.0138. The van der Waals surface area contributed by atoms with Gasteiger partial charge in [0.15, 0.2) is 6.10 Å². The highest BCUT2D eigenvalue weighted by Gasteiger charge is 2.25. The molecule has 1 heterocycles. The van der Waals surface area contributed by atoms with E-state index in [2.05, 4.69) is 6.07 Å². The van der Waals surface area contributed by atoms with Crippen LogP contribution in [-0.2, 0) is 9.47 Å². The van der Waals surface area contributed by atoms with E-state index >= 15 is 0 Å². The Morgan fingerprint density at radius 3 is 3.09 bits per heavy atom. The van der Waals surface area contributed by atoms with E-state index in [-0.39, 0.29) is 12.2 Å². The zero-order valence-electron chi connectivity index (χ0n) is 6.75. The third-order valence-electron chi connectivity index (χ3n) is 1.78. The lowest BCUT2D eigenvalue weighted by atomic mass is 10.1. The summed E-state index contributed by atoms with van der Waals surface area (Å²) in [7, 11) is 0. The van der Waals surface area contributed by atoms with E-state index in [1.807, 2.05) is 6.92 Å². The predicted molar refractivity (Wildman–Crippen MR) is 40.0 cm³/mol. The Hall–Kier alpha value is -0.590. The molecule has 11 heavy (non-hydrogen) atoms. The number of hydrogen-bond donors (Lipinski definition) is 0. The summed E-state index contributed by atoms with van der Waals surface area (Å²) < 4.78 is 10.5. The average Bonchev–Trinajstić information content (AvgIpc) is 2.52. The molecule has 1 aliphatic heterocycles. The van der Waals surface area contributed by atoms with Crippen LogP contribution in [0.15, 0.2) is 0 Å². The standard InChI is InChI=1S/C8H13NO2/c1-2-10-8(6-9)7-4-3-5-11-7/h7-8H,2-5H2,1H3. The second kappa shape index (κ2) is 4.32. The summed E-state index contributed by atoms with van der Waals surface area (Å²) in [4.78, 5) is 0. The number of nitrogens with zero attached hydrogens (tertiary/aromatic N) is 1. The lowest BCUT2D eigenvalue weighted by Crippen LogP contribution is -2.26. The third-order valence-corrected chi connectivity index (χ3v) is 1.78. The molecule has 0 spiro atoms. The zero-order valence-corrected chi connectivity index (χ0v) is 6.75. The van der Waals surface area contributed by atoms with E-state index in [9.17, 15) is 0 Å². The SMILES string of the molecule is CCOC(C#N)C1CCCO1. The van der Waals surface area contributed by atoms with Crippen molar-refractivity contribution in [1.82, 2.24) is 0 Å². The Balaban J connectivity index is 2.35. The van der Waals surface area contributed by atoms with Crippen LogP contribution >= 0.6 is 0 Å². The number of nitriles is 1. The van der Waals surface area contributed by atoms with Crippen molar-refractivity contribution in [2.45, 2.75) is 32.0 Å². The summed E-state index contributed by atoms with van der Waals surface area (Å²) in [5.41, 5.74) is 0. The molecule has 2 unspecified atom stereocenters. The minimum atomic E-state index is -0.359. The smallest absolute Gasteiger partial charge is 0.169 e. The quantitative estimate of drug-likeness (QED) is 0.612. The van der Waals surface area contributed by atoms with Crippen LogP contribution in [0.1, 0.15) is 19.8 Å². The molecule has 0 saturated carbocycles. The molecule has 0 aromatic carbocycles. The van der Waals surface area contributed by atoms with Gasteiger partial charge in [0.25, 0.3) is 0 Å². The number of hydrogen-bond acceptors (Lipinski definition) is 3. The van der Waals surface area contributed by atoms with Gasteiger partial charge in [0.1, 0.15) is 0 Å². The molecule has 0 aromatic heterocycles. The molecule has 62 valence electrons. The van der Waals surface area contributed by atoms with Crippen molar-refractivity contribution in [3.8, 4) is 6.07 Å². The van der Waals surface area contributed by atoms with Crippen LogP contribution < -0.4 is 0 Å². The van der Waals surface area contributed by atoms with E-state index in [1.165, 1.54) is 0 Å². The highest BCUT2D eigenvalue weighted by Crippen LogP contribution is 2.17. The summed E-state index contributed by atoms with van der Waals surface area (Å²) in [6.07, 6.45) is 1.66. The van der Waals surface area contributed by atoms with Crippen LogP contribution in [0.25, 0.3) is 0 Å². The van der Waals surface area contributed by atoms with Crippen LogP contribution in [0.2, 0.25) is 0 Å². The highest BCUT2D eigenvalue weighted by atomic mass is 16.5. The topological polar surface area (TPSA) is 42.2 Å². The molecule has 0 aliphatic carbocycles. The van der Waals surface area contributed by atoms with Crippen LogP contribution in [0, 0.1) is 11.3 Å². The van der Waals surface area contributed by atoms with Crippen LogP contribution in [0.5, 0.6) is 0 Å². The second-order valence-electron chi connectivity index (χ2n) is 2.56. The average molecular weight is 155 g/mol. The molecular weight excluding hydrogens is 142 g/mol. The molecule has 1 fully saturated rings. The molecule has 0 amide bonds. The highest BCUT2D eigenvalue weighted by molar-refractivity contribution is 4.92. The van der Waals surface area contributed by atoms with Crippen LogP contribution in [-0.4, -0.2) is 25.4 Å². The van der Waals surface area contributed by atoms with E-state index in [0.717, 1.165) is 19.4 Å². The number of ether oxygens (including phenoxy) is 2. The maximum absolute atomic E-state index is 8.66. The van der Waals surface area contributed by atoms with Gasteiger partial charge >= 0.3 is 0 Å². The first kappa shape index (κ1) is 8.51. The molecule has 2 atom stereocenters. The van der Waals surface area contributed by atoms with Crippen molar-refractivity contribution in [1.29, 1.82) is 5.26 Å². The molecule has 0 N–H and O–H groups in total. The third kappa shape index (κ3) is 2.18. The zero-order chi connectivity index (χ0) is 8.10. The summed E-state index contributed by atoms with van der Waals surface area (Å²) >= 11 is 0. The summed E-state index contributed by atoms with van der Waals surface area (Å²) in [6.45, 7) is 3.24. The van der Waals surface area contributed by atoms with E-state index < -0.39 is 0 Å². The van der Waals surface area contributed by atoms with Crippen LogP contribution in [0.3, 0.4) is 0 Å². The van der Waals surface area contributed by atoms with Crippen molar-refractivity contribution in [3.05, 3.63) is 0 Å². The first-order valence-corrected chi connectivity index (χ1v) is 4.01. The second-order valence-corrected chi connectivity index (χ2v) is 2.56. The van der Waals surface area contributed by atoms with E-state index in [1.54, 1.807) is 0 Å². The molecule has 0 radical (unpaired) electrons. The van der Waals surface area contributed by atoms with E-state index in [4.69, 9.17) is 14.7 Å². The molecule has 3 heteroatoms. The first-order chi connectivity index (χ1) is 5.38. The Labute approximate surface area is 66.9 Å². The predicted octanol–water partition coefficient (Wildman–Crippen LogP) is 1.09. The van der Waals surface area contributed by atoms with Crippen molar-refractivity contribution in [2.24, 2.45) is 0 Å². The lowest BCUT2D eigenvalue weighted by molar-refractivity contribution is -0.0154. The summed E-state index contributed by atoms with van der Waals surface area (Å²) in [5, 5.41) is 8.66. The fourth-order valence-corrected chi connectivity index (χ4v) is 1.25. The van der Waals surface area contributed by atoms with Gasteiger partial charge in [0.2, 0.25) is 0 Å². The Kier molecular flexibility index (Phi) is 3.34. The Morgan fingerprint density at radius 2 is 2.64 bits per heavy atom. The molecule has 1 aliphatic rings. The maximum Gasteiger partial charge on any atom is 0.169 e. The number of rotatable bonds is 3. The fraction of sp³-hybridized carbons (Fsp3) is 0.875. The van der Waals surface area contributed by atoms with Gasteiger partial charge in [0.05, 0.1) is 12.2 Å². The van der Waals surface area contributed by atoms with Gasteiger partial charge in [-0.1, -0.05) is 0 Å². The van der Waals surface area contributed by atoms with Gasteiger partial charge in [-0.25, -0.2) is 0 Å². The molecule has 3 nitrogen and oxygen atoms in total. The monoisotopic (exact) mass is 155 g/mol. The van der Waals surface area contributed by atoms with Gasteiger partial charge in [-0.3, -0.25) is 0 Å². The van der Waals surface area contributed by atoms with Crippen molar-refractivity contribution in [3.63, 3.8) is 0 Å². The normalized spacial score (nSPS) is 26.4. The summed E-state index contributed by atoms with van der Waals surface area (Å²) in [5.74, 6) is 0. The molecule has 1 saturated heterocycles. The molecular formula is C8H13NO2. The van der Waals surface area contributed by atoms with Crippen molar-refractivity contribution >= 4 is 0 Å². The van der Waals surface area contributed by atoms with Gasteiger partial charge in [-0.05, 0) is 19.8 Å². The lowest BCUT2D eigenvalue weighted by Gasteiger charge is -2.15. The van der Waals surface area contributed by atoms with Gasteiger partial charge < -0.3 is 9.47 Å². The van der Waals surface area contributed by atoms with E-state index in [0.29, 0.717) is 6.61 Å². The van der Waals surface area contributed by atoms with Crippen LogP contribution in [0.4, 0.5) is 0 Å². The Morgan fingerprint density at radius 1 is 1.82 bits per heavy atom. The first-order valence-electron chi connectivity index (χ1n) is 4.01. The minimum Gasteiger partial charge on any atom is -0.374 e. The molecule has 0 bridgehead atoms.